The summed E-state index contributed by atoms with van der Waals surface area (Å²) in [6.45, 7) is -0.453. The number of furan rings is 1. The highest BCUT2D eigenvalue weighted by atomic mass is 32.2. The Bertz CT molecular complexity index is 802. The lowest BCUT2D eigenvalue weighted by Gasteiger charge is -2.49. The van der Waals surface area contributed by atoms with Gasteiger partial charge in [0.15, 0.2) is 5.76 Å². The summed E-state index contributed by atoms with van der Waals surface area (Å²) in [6, 6.07) is 2.17. The second kappa shape index (κ2) is 7.22. The molecule has 1 fully saturated rings. The molecule has 3 heterocycles. The van der Waals surface area contributed by atoms with Crippen LogP contribution in [-0.2, 0) is 19.2 Å². The van der Waals surface area contributed by atoms with Gasteiger partial charge in [0, 0.05) is 5.75 Å². The molecule has 0 aromatic carbocycles. The summed E-state index contributed by atoms with van der Waals surface area (Å²) in [6.07, 6.45) is 1.36. The number of rotatable bonds is 6. The molecular formula is C15H15N3O7S. The van der Waals surface area contributed by atoms with Crippen molar-refractivity contribution in [3.63, 3.8) is 0 Å². The van der Waals surface area contributed by atoms with Gasteiger partial charge >= 0.3 is 5.97 Å². The molecule has 0 radical (unpaired) electrons. The first-order chi connectivity index (χ1) is 12.5. The third-order valence-electron chi connectivity index (χ3n) is 3.88. The maximum Gasteiger partial charge on any atom is 0.352 e. The fourth-order valence-electron chi connectivity index (χ4n) is 2.72. The molecule has 3 rings (SSSR count). The van der Waals surface area contributed by atoms with Gasteiger partial charge in [-0.2, -0.15) is 0 Å². The van der Waals surface area contributed by atoms with Gasteiger partial charge in [0.05, 0.1) is 12.9 Å². The van der Waals surface area contributed by atoms with Crippen LogP contribution in [-0.4, -0.2) is 69.5 Å². The molecule has 1 aromatic heterocycles. The number of amides is 2. The number of carboxylic acid groups (broad SMARTS) is 1. The summed E-state index contributed by atoms with van der Waals surface area (Å²) in [5.41, 5.74) is -0.118. The number of fused-ring (bicyclic) bond motifs is 1. The van der Waals surface area contributed by atoms with E-state index in [1.54, 1.807) is 6.07 Å². The molecule has 0 aliphatic carbocycles. The molecule has 26 heavy (non-hydrogen) atoms. The van der Waals surface area contributed by atoms with Gasteiger partial charge in [-0.15, -0.1) is 11.8 Å². The number of oxime groups is 1. The van der Waals surface area contributed by atoms with Crippen molar-refractivity contribution in [1.29, 1.82) is 0 Å². The number of nitrogens with one attached hydrogen (secondary N) is 1. The molecule has 2 aliphatic heterocycles. The first kappa shape index (κ1) is 18.0. The lowest BCUT2D eigenvalue weighted by molar-refractivity contribution is -0.150. The Morgan fingerprint density at radius 1 is 1.54 bits per heavy atom. The van der Waals surface area contributed by atoms with Crippen molar-refractivity contribution in [3.05, 3.63) is 35.4 Å². The summed E-state index contributed by atoms with van der Waals surface area (Å²) < 4.78 is 5.13. The molecule has 1 saturated heterocycles. The van der Waals surface area contributed by atoms with Gasteiger partial charge in [-0.1, -0.05) is 5.16 Å². The maximum absolute atomic E-state index is 12.5. The van der Waals surface area contributed by atoms with E-state index in [2.05, 4.69) is 15.3 Å². The molecule has 2 aliphatic rings. The van der Waals surface area contributed by atoms with Crippen molar-refractivity contribution < 1.29 is 33.9 Å². The van der Waals surface area contributed by atoms with E-state index in [1.165, 1.54) is 31.2 Å². The van der Waals surface area contributed by atoms with E-state index in [-0.39, 0.29) is 28.5 Å². The highest BCUT2D eigenvalue weighted by Crippen LogP contribution is 2.40. The number of β-lactam (4-membered cyclic amide) rings is 1. The number of carboxylic acids is 1. The van der Waals surface area contributed by atoms with Crippen molar-refractivity contribution in [3.8, 4) is 0 Å². The van der Waals surface area contributed by atoms with Gasteiger partial charge in [-0.25, -0.2) is 4.79 Å². The van der Waals surface area contributed by atoms with Crippen LogP contribution < -0.4 is 5.32 Å². The number of aliphatic hydroxyl groups excluding tert-OH is 1. The van der Waals surface area contributed by atoms with Gasteiger partial charge in [0.2, 0.25) is 5.71 Å². The van der Waals surface area contributed by atoms with Crippen LogP contribution in [0.2, 0.25) is 0 Å². The zero-order chi connectivity index (χ0) is 18.8. The van der Waals surface area contributed by atoms with Crippen molar-refractivity contribution in [2.45, 2.75) is 11.4 Å². The fraction of sp³-hybridized carbons (Fsp3) is 0.333. The fourth-order valence-corrected chi connectivity index (χ4v) is 4.05. The van der Waals surface area contributed by atoms with E-state index in [4.69, 9.17) is 4.42 Å². The monoisotopic (exact) mass is 381 g/mol. The summed E-state index contributed by atoms with van der Waals surface area (Å²) in [5, 5.41) is 24.2. The standard InChI is InChI=1S/C15H15N3O7S/c1-24-17-9(8-3-2-4-25-8)12(20)16-10-13(21)18-11(15(22)23)7(5-19)6-26-14(10)18/h2-4,10,14,19H,5-6H2,1H3,(H,16,20)(H,22,23)/b17-9-/t10?,14-/m0/s1. The van der Waals surface area contributed by atoms with E-state index in [0.29, 0.717) is 0 Å². The highest BCUT2D eigenvalue weighted by Gasteiger charge is 2.54. The Labute approximate surface area is 151 Å². The molecule has 1 unspecified atom stereocenters. The van der Waals surface area contributed by atoms with Gasteiger partial charge in [0.1, 0.15) is 24.2 Å². The van der Waals surface area contributed by atoms with Crippen LogP contribution in [0, 0.1) is 0 Å². The Morgan fingerprint density at radius 3 is 2.88 bits per heavy atom. The smallest absolute Gasteiger partial charge is 0.352 e. The van der Waals surface area contributed by atoms with Crippen molar-refractivity contribution in [2.75, 3.05) is 19.5 Å². The predicted molar refractivity (Wildman–Crippen MR) is 89.0 cm³/mol. The third-order valence-corrected chi connectivity index (χ3v) is 5.22. The molecule has 11 heteroatoms. The summed E-state index contributed by atoms with van der Waals surface area (Å²) in [4.78, 5) is 42.0. The topological polar surface area (TPSA) is 142 Å². The third kappa shape index (κ3) is 2.95. The lowest BCUT2D eigenvalue weighted by atomic mass is 10.0. The molecule has 138 valence electrons. The number of carbonyl (C=O) groups is 3. The van der Waals surface area contributed by atoms with E-state index in [0.717, 1.165) is 4.90 Å². The number of nitrogens with zero attached hydrogens (tertiary/aromatic N) is 2. The van der Waals surface area contributed by atoms with Gasteiger partial charge in [-0.05, 0) is 17.7 Å². The number of hydrogen-bond donors (Lipinski definition) is 3. The highest BCUT2D eigenvalue weighted by molar-refractivity contribution is 8.00. The van der Waals surface area contributed by atoms with Crippen LogP contribution in [0.25, 0.3) is 0 Å². The number of hydrogen-bond acceptors (Lipinski definition) is 8. The Kier molecular flexibility index (Phi) is 5.00. The van der Waals surface area contributed by atoms with Crippen LogP contribution in [0.4, 0.5) is 0 Å². The molecule has 1 aromatic rings. The molecule has 3 N–H and O–H groups in total. The summed E-state index contributed by atoms with van der Waals surface area (Å²) in [5.74, 6) is -2.15. The number of aliphatic carboxylic acids is 1. The number of thioether (sulfide) groups is 1. The summed E-state index contributed by atoms with van der Waals surface area (Å²) in [7, 11) is 1.27. The van der Waals surface area contributed by atoms with E-state index >= 15 is 0 Å². The second-order valence-electron chi connectivity index (χ2n) is 5.38. The van der Waals surface area contributed by atoms with Crippen LogP contribution in [0.1, 0.15) is 5.76 Å². The molecule has 0 spiro atoms. The molecule has 0 bridgehead atoms. The minimum atomic E-state index is -1.30. The van der Waals surface area contributed by atoms with Crippen LogP contribution in [0.15, 0.2) is 39.2 Å². The molecule has 0 saturated carbocycles. The normalized spacial score (nSPS) is 22.6. The first-order valence-corrected chi connectivity index (χ1v) is 8.51. The average molecular weight is 381 g/mol. The average Bonchev–Trinajstić information content (AvgIpc) is 3.16. The maximum atomic E-state index is 12.5. The molecule has 10 nitrogen and oxygen atoms in total. The largest absolute Gasteiger partial charge is 0.477 e. The lowest BCUT2D eigenvalue weighted by Crippen LogP contribution is -2.71. The second-order valence-corrected chi connectivity index (χ2v) is 6.48. The first-order valence-electron chi connectivity index (χ1n) is 7.46. The minimum absolute atomic E-state index is 0.144. The van der Waals surface area contributed by atoms with Crippen molar-refractivity contribution in [2.24, 2.45) is 5.16 Å². The number of aliphatic hydroxyl groups is 1. The van der Waals surface area contributed by atoms with Gasteiger partial charge < -0.3 is 24.8 Å². The van der Waals surface area contributed by atoms with Gasteiger partial charge in [-0.3, -0.25) is 14.5 Å². The van der Waals surface area contributed by atoms with E-state index < -0.39 is 35.8 Å². The van der Waals surface area contributed by atoms with E-state index in [1.807, 2.05) is 0 Å². The minimum Gasteiger partial charge on any atom is -0.477 e. The Morgan fingerprint density at radius 2 is 2.31 bits per heavy atom. The van der Waals surface area contributed by atoms with Gasteiger partial charge in [0.25, 0.3) is 11.8 Å². The molecule has 2 amide bonds. The van der Waals surface area contributed by atoms with Crippen LogP contribution in [0.5, 0.6) is 0 Å². The zero-order valence-electron chi connectivity index (χ0n) is 13.5. The van der Waals surface area contributed by atoms with Crippen LogP contribution >= 0.6 is 11.8 Å². The van der Waals surface area contributed by atoms with Crippen LogP contribution in [0.3, 0.4) is 0 Å². The van der Waals surface area contributed by atoms with E-state index in [9.17, 15) is 24.6 Å². The number of carbonyl (C=O) groups excluding carboxylic acids is 2. The van der Waals surface area contributed by atoms with Crippen molar-refractivity contribution in [1.82, 2.24) is 10.2 Å². The van der Waals surface area contributed by atoms with Crippen molar-refractivity contribution >= 4 is 35.3 Å². The predicted octanol–water partition coefficient (Wildman–Crippen LogP) is -0.639. The molecule has 2 atom stereocenters. The Balaban J connectivity index is 1.78. The Hall–Kier alpha value is -2.79. The summed E-state index contributed by atoms with van der Waals surface area (Å²) >= 11 is 1.26. The zero-order valence-corrected chi connectivity index (χ0v) is 14.4. The SMILES string of the molecule is CO/N=C(\C(=O)NC1C(=O)N2C(C(=O)O)=C(CO)CS[C@@H]12)c1ccco1. The quantitative estimate of drug-likeness (QED) is 0.336. The molecular weight excluding hydrogens is 366 g/mol.